The molecule has 6 nitrogen and oxygen atoms in total. The van der Waals surface area contributed by atoms with Crippen molar-refractivity contribution in [1.82, 2.24) is 9.55 Å². The molecule has 0 saturated heterocycles. The molecule has 2 N–H and O–H groups in total. The first-order chi connectivity index (χ1) is 8.99. The Morgan fingerprint density at radius 2 is 2.00 bits per heavy atom. The van der Waals surface area contributed by atoms with Gasteiger partial charge in [-0.2, -0.15) is 0 Å². The molecule has 0 aliphatic heterocycles. The monoisotopic (exact) mass is 324 g/mol. The van der Waals surface area contributed by atoms with Crippen molar-refractivity contribution < 1.29 is 19.8 Å². The molecule has 0 spiro atoms. The summed E-state index contributed by atoms with van der Waals surface area (Å²) in [6, 6.07) is 7.30. The van der Waals surface area contributed by atoms with E-state index in [1.54, 1.807) is 0 Å². The van der Waals surface area contributed by atoms with Gasteiger partial charge in [0, 0.05) is 11.0 Å². The Morgan fingerprint density at radius 3 is 2.58 bits per heavy atom. The lowest BCUT2D eigenvalue weighted by Crippen LogP contribution is -2.13. The molecule has 0 amide bonds. The molecule has 19 heavy (non-hydrogen) atoms. The van der Waals surface area contributed by atoms with Crippen LogP contribution in [0.3, 0.4) is 0 Å². The van der Waals surface area contributed by atoms with Crippen molar-refractivity contribution >= 4 is 27.9 Å². The Hall–Kier alpha value is -2.15. The summed E-state index contributed by atoms with van der Waals surface area (Å²) in [5.41, 5.74) is 0.0567. The predicted molar refractivity (Wildman–Crippen MR) is 69.4 cm³/mol. The van der Waals surface area contributed by atoms with Crippen molar-refractivity contribution in [1.29, 1.82) is 0 Å². The first kappa shape index (κ1) is 13.3. The summed E-state index contributed by atoms with van der Waals surface area (Å²) in [6.45, 7) is 0.237. The van der Waals surface area contributed by atoms with Gasteiger partial charge in [0.2, 0.25) is 0 Å². The van der Waals surface area contributed by atoms with E-state index in [0.29, 0.717) is 0 Å². The minimum atomic E-state index is -1.36. The summed E-state index contributed by atoms with van der Waals surface area (Å²) in [5, 5.41) is 18.0. The molecule has 0 aliphatic carbocycles. The molecule has 0 aliphatic rings. The van der Waals surface area contributed by atoms with Crippen LogP contribution in [0.2, 0.25) is 0 Å². The van der Waals surface area contributed by atoms with E-state index in [0.717, 1.165) is 10.0 Å². The average molecular weight is 325 g/mol. The molecule has 0 fully saturated rings. The fraction of sp³-hybridized carbons (Fsp3) is 0.0833. The zero-order valence-corrected chi connectivity index (χ0v) is 11.2. The second-order valence-corrected chi connectivity index (χ2v) is 4.73. The van der Waals surface area contributed by atoms with Gasteiger partial charge in [-0.25, -0.2) is 14.6 Å². The quantitative estimate of drug-likeness (QED) is 0.898. The molecule has 1 aromatic heterocycles. The maximum atomic E-state index is 11.1. The van der Waals surface area contributed by atoms with Crippen molar-refractivity contribution in [2.75, 3.05) is 0 Å². The summed E-state index contributed by atoms with van der Waals surface area (Å²) >= 11 is 3.32. The van der Waals surface area contributed by atoms with Crippen LogP contribution in [0.1, 0.15) is 26.5 Å². The third kappa shape index (κ3) is 2.82. The van der Waals surface area contributed by atoms with Crippen molar-refractivity contribution in [2.24, 2.45) is 0 Å². The van der Waals surface area contributed by atoms with E-state index < -0.39 is 17.6 Å². The third-order valence-electron chi connectivity index (χ3n) is 2.48. The van der Waals surface area contributed by atoms with Crippen LogP contribution >= 0.6 is 15.9 Å². The minimum absolute atomic E-state index is 0.237. The van der Waals surface area contributed by atoms with E-state index in [2.05, 4.69) is 20.9 Å². The van der Waals surface area contributed by atoms with Gasteiger partial charge in [-0.05, 0) is 17.7 Å². The Balaban J connectivity index is 2.41. The Labute approximate surface area is 116 Å². The molecular formula is C12H9BrN2O4. The number of aromatic carboxylic acids is 2. The number of halogens is 1. The Kier molecular flexibility index (Phi) is 3.66. The van der Waals surface area contributed by atoms with Crippen molar-refractivity contribution in [2.45, 2.75) is 6.54 Å². The van der Waals surface area contributed by atoms with Gasteiger partial charge >= 0.3 is 11.9 Å². The summed E-state index contributed by atoms with van der Waals surface area (Å²) in [4.78, 5) is 25.7. The molecule has 0 bridgehead atoms. The highest BCUT2D eigenvalue weighted by molar-refractivity contribution is 9.10. The predicted octanol–water partition coefficient (Wildman–Crippen LogP) is 2.09. The van der Waals surface area contributed by atoms with Crippen molar-refractivity contribution in [3.63, 3.8) is 0 Å². The Morgan fingerprint density at radius 1 is 1.26 bits per heavy atom. The summed E-state index contributed by atoms with van der Waals surface area (Å²) in [5.74, 6) is -2.67. The van der Waals surface area contributed by atoms with E-state index in [9.17, 15) is 9.59 Å². The van der Waals surface area contributed by atoms with Crippen LogP contribution in [-0.2, 0) is 6.54 Å². The number of aromatic nitrogens is 2. The lowest BCUT2D eigenvalue weighted by atomic mass is 10.2. The van der Waals surface area contributed by atoms with Gasteiger partial charge < -0.3 is 14.8 Å². The van der Waals surface area contributed by atoms with Gasteiger partial charge in [-0.15, -0.1) is 0 Å². The van der Waals surface area contributed by atoms with Gasteiger partial charge in [0.05, 0.1) is 6.33 Å². The number of carbonyl (C=O) groups is 2. The van der Waals surface area contributed by atoms with Gasteiger partial charge in [0.25, 0.3) is 0 Å². The number of carboxylic acids is 2. The van der Waals surface area contributed by atoms with Crippen molar-refractivity contribution in [3.8, 4) is 0 Å². The fourth-order valence-electron chi connectivity index (χ4n) is 1.71. The summed E-state index contributed by atoms with van der Waals surface area (Å²) in [6.07, 6.45) is 1.22. The SMILES string of the molecule is O=C(O)c1ncn(Cc2cccc(Br)c2)c1C(=O)O. The molecule has 98 valence electrons. The standard InChI is InChI=1S/C12H9BrN2O4/c13-8-3-1-2-7(4-8)5-15-6-14-9(11(16)17)10(15)12(18)19/h1-4,6H,5H2,(H,16,17)(H,18,19). The number of hydrogen-bond donors (Lipinski definition) is 2. The van der Waals surface area contributed by atoms with Gasteiger partial charge in [0.15, 0.2) is 11.4 Å². The molecule has 1 heterocycles. The van der Waals surface area contributed by atoms with Crippen LogP contribution in [0.15, 0.2) is 35.1 Å². The highest BCUT2D eigenvalue weighted by Crippen LogP contribution is 2.15. The maximum Gasteiger partial charge on any atom is 0.357 e. The third-order valence-corrected chi connectivity index (χ3v) is 2.98. The fourth-order valence-corrected chi connectivity index (χ4v) is 2.16. The highest BCUT2D eigenvalue weighted by atomic mass is 79.9. The first-order valence-corrected chi connectivity index (χ1v) is 6.04. The highest BCUT2D eigenvalue weighted by Gasteiger charge is 2.22. The zero-order chi connectivity index (χ0) is 14.0. The molecule has 0 atom stereocenters. The number of benzene rings is 1. The smallest absolute Gasteiger partial charge is 0.357 e. The van der Waals surface area contributed by atoms with Crippen LogP contribution in [-0.4, -0.2) is 31.7 Å². The summed E-state index contributed by atoms with van der Waals surface area (Å²) < 4.78 is 2.16. The largest absolute Gasteiger partial charge is 0.476 e. The van der Waals surface area contributed by atoms with Crippen LogP contribution in [0.4, 0.5) is 0 Å². The lowest BCUT2D eigenvalue weighted by Gasteiger charge is -2.06. The van der Waals surface area contributed by atoms with Gasteiger partial charge in [0.1, 0.15) is 0 Å². The van der Waals surface area contributed by atoms with E-state index in [4.69, 9.17) is 10.2 Å². The van der Waals surface area contributed by atoms with Crippen molar-refractivity contribution in [3.05, 3.63) is 52.0 Å². The molecule has 7 heteroatoms. The van der Waals surface area contributed by atoms with E-state index in [1.807, 2.05) is 24.3 Å². The second-order valence-electron chi connectivity index (χ2n) is 3.81. The van der Waals surface area contributed by atoms with E-state index in [1.165, 1.54) is 10.9 Å². The van der Waals surface area contributed by atoms with E-state index in [-0.39, 0.29) is 12.2 Å². The number of imidazole rings is 1. The molecule has 2 rings (SSSR count). The molecular weight excluding hydrogens is 316 g/mol. The molecule has 0 radical (unpaired) electrons. The van der Waals surface area contributed by atoms with Crippen LogP contribution < -0.4 is 0 Å². The lowest BCUT2D eigenvalue weighted by molar-refractivity contribution is 0.0640. The van der Waals surface area contributed by atoms with Crippen LogP contribution in [0, 0.1) is 0 Å². The molecule has 2 aromatic rings. The molecule has 0 unspecified atom stereocenters. The Bertz CT molecular complexity index is 651. The van der Waals surface area contributed by atoms with Crippen LogP contribution in [0.25, 0.3) is 0 Å². The number of rotatable bonds is 4. The molecule has 1 aromatic carbocycles. The summed E-state index contributed by atoms with van der Waals surface area (Å²) in [7, 11) is 0. The number of carboxylic acid groups (broad SMARTS) is 2. The van der Waals surface area contributed by atoms with E-state index >= 15 is 0 Å². The number of hydrogen-bond acceptors (Lipinski definition) is 3. The normalized spacial score (nSPS) is 10.4. The minimum Gasteiger partial charge on any atom is -0.476 e. The first-order valence-electron chi connectivity index (χ1n) is 5.25. The maximum absolute atomic E-state index is 11.1. The zero-order valence-electron chi connectivity index (χ0n) is 9.58. The topological polar surface area (TPSA) is 92.4 Å². The second kappa shape index (κ2) is 5.23. The van der Waals surface area contributed by atoms with Crippen LogP contribution in [0.5, 0.6) is 0 Å². The molecule has 0 saturated carbocycles. The van der Waals surface area contributed by atoms with Gasteiger partial charge in [-0.1, -0.05) is 28.1 Å². The average Bonchev–Trinajstić information content (AvgIpc) is 2.73. The number of nitrogens with zero attached hydrogens (tertiary/aromatic N) is 2. The van der Waals surface area contributed by atoms with Gasteiger partial charge in [-0.3, -0.25) is 0 Å².